The van der Waals surface area contributed by atoms with Crippen LogP contribution in [0.1, 0.15) is 79.4 Å². The Bertz CT molecular complexity index is 931. The molecule has 0 fully saturated rings. The number of allylic oxidation sites excluding steroid dienone is 8. The molecule has 2 aliphatic carbocycles. The molecular weight excluding hydrogens is 484 g/mol. The molecule has 0 aromatic heterocycles. The highest BCUT2D eigenvalue weighted by molar-refractivity contribution is 5.59. The fourth-order valence-corrected chi connectivity index (χ4v) is 2.68. The highest BCUT2D eigenvalue weighted by Gasteiger charge is 1.92. The quantitative estimate of drug-likeness (QED) is 0.316. The van der Waals surface area contributed by atoms with Crippen LogP contribution >= 0.6 is 0 Å². The molecule has 0 heterocycles. The number of rotatable bonds is 2. The van der Waals surface area contributed by atoms with Gasteiger partial charge in [-0.3, -0.25) is 0 Å². The molecule has 0 saturated heterocycles. The van der Waals surface area contributed by atoms with E-state index in [0.717, 1.165) is 29.9 Å². The third kappa shape index (κ3) is 25.9. The molecule has 0 spiro atoms. The van der Waals surface area contributed by atoms with Gasteiger partial charge in [-0.2, -0.15) is 0 Å². The molecule has 3 N–H and O–H groups in total. The summed E-state index contributed by atoms with van der Waals surface area (Å²) in [5, 5.41) is 3.33. The zero-order valence-corrected chi connectivity index (χ0v) is 27.1. The van der Waals surface area contributed by atoms with Gasteiger partial charge in [-0.25, -0.2) is 0 Å². The first kappa shape index (κ1) is 40.7. The summed E-state index contributed by atoms with van der Waals surface area (Å²) in [6.45, 7) is 20.1. The second kappa shape index (κ2) is 33.2. The molecule has 3 aromatic carbocycles. The molecule has 0 saturated carbocycles. The van der Waals surface area contributed by atoms with Gasteiger partial charge in [0.2, 0.25) is 0 Å². The summed E-state index contributed by atoms with van der Waals surface area (Å²) in [7, 11) is 0. The fraction of sp³-hybridized carbons (Fsp3) is 0.316. The van der Waals surface area contributed by atoms with Crippen molar-refractivity contribution in [3.63, 3.8) is 0 Å². The molecule has 0 bridgehead atoms. The molecule has 2 aliphatic rings. The Kier molecular flexibility index (Phi) is 33.8. The van der Waals surface area contributed by atoms with Crippen LogP contribution in [0.4, 0.5) is 17.1 Å². The van der Waals surface area contributed by atoms with E-state index in [4.69, 9.17) is 5.73 Å². The molecule has 220 valence electrons. The monoisotopic (exact) mass is 542 g/mol. The SMILES string of the molecule is C1=CCC=C1.C1=CCC=C1.CC.CC.CC.CC.Cc1ccc(N)cc1.Cc1ccc(Nc2ccccc2)cc1. The summed E-state index contributed by atoms with van der Waals surface area (Å²) in [4.78, 5) is 0. The van der Waals surface area contributed by atoms with E-state index in [-0.39, 0.29) is 0 Å². The molecule has 0 amide bonds. The molecular formula is C38H58N2. The second-order valence-electron chi connectivity index (χ2n) is 7.45. The van der Waals surface area contributed by atoms with E-state index < -0.39 is 0 Å². The van der Waals surface area contributed by atoms with Crippen LogP contribution in [-0.2, 0) is 0 Å². The average molecular weight is 543 g/mol. The van der Waals surface area contributed by atoms with Crippen molar-refractivity contribution >= 4 is 17.1 Å². The highest BCUT2D eigenvalue weighted by atomic mass is 14.9. The van der Waals surface area contributed by atoms with Crippen molar-refractivity contribution in [1.82, 2.24) is 0 Å². The van der Waals surface area contributed by atoms with Crippen molar-refractivity contribution in [3.05, 3.63) is 139 Å². The van der Waals surface area contributed by atoms with Crippen LogP contribution in [0.25, 0.3) is 0 Å². The summed E-state index contributed by atoms with van der Waals surface area (Å²) >= 11 is 0. The number of hydrogen-bond donors (Lipinski definition) is 2. The second-order valence-corrected chi connectivity index (χ2v) is 7.45. The maximum atomic E-state index is 5.43. The van der Waals surface area contributed by atoms with E-state index in [2.05, 4.69) is 97.2 Å². The maximum absolute atomic E-state index is 5.43. The fourth-order valence-electron chi connectivity index (χ4n) is 2.68. The van der Waals surface area contributed by atoms with Crippen molar-refractivity contribution in [2.24, 2.45) is 0 Å². The van der Waals surface area contributed by atoms with Crippen molar-refractivity contribution in [2.45, 2.75) is 82.1 Å². The average Bonchev–Trinajstić information content (AvgIpc) is 3.81. The smallest absolute Gasteiger partial charge is 0.0384 e. The predicted molar refractivity (Wildman–Crippen MR) is 188 cm³/mol. The van der Waals surface area contributed by atoms with E-state index in [1.54, 1.807) is 0 Å². The Morgan fingerprint density at radius 2 is 0.775 bits per heavy atom. The van der Waals surface area contributed by atoms with Crippen LogP contribution in [0, 0.1) is 13.8 Å². The van der Waals surface area contributed by atoms with Gasteiger partial charge in [0.15, 0.2) is 0 Å². The van der Waals surface area contributed by atoms with Crippen molar-refractivity contribution in [2.75, 3.05) is 11.1 Å². The van der Waals surface area contributed by atoms with Crippen LogP contribution in [0.3, 0.4) is 0 Å². The highest BCUT2D eigenvalue weighted by Crippen LogP contribution is 2.15. The first-order chi connectivity index (χ1) is 19.6. The van der Waals surface area contributed by atoms with Crippen LogP contribution in [-0.4, -0.2) is 0 Å². The Hall–Kier alpha value is -3.78. The van der Waals surface area contributed by atoms with Gasteiger partial charge in [0.1, 0.15) is 0 Å². The topological polar surface area (TPSA) is 38.0 Å². The number of nitrogen functional groups attached to an aromatic ring is 1. The van der Waals surface area contributed by atoms with E-state index in [0.29, 0.717) is 0 Å². The van der Waals surface area contributed by atoms with Gasteiger partial charge < -0.3 is 11.1 Å². The van der Waals surface area contributed by atoms with Gasteiger partial charge in [-0.1, -0.05) is 158 Å². The lowest BCUT2D eigenvalue weighted by Crippen LogP contribution is -1.88. The van der Waals surface area contributed by atoms with Crippen molar-refractivity contribution in [1.29, 1.82) is 0 Å². The number of para-hydroxylation sites is 1. The largest absolute Gasteiger partial charge is 0.399 e. The van der Waals surface area contributed by atoms with Crippen molar-refractivity contribution < 1.29 is 0 Å². The minimum Gasteiger partial charge on any atom is -0.399 e. The molecule has 0 atom stereocenters. The summed E-state index contributed by atoms with van der Waals surface area (Å²) < 4.78 is 0. The molecule has 40 heavy (non-hydrogen) atoms. The number of hydrogen-bond acceptors (Lipinski definition) is 2. The first-order valence-electron chi connectivity index (χ1n) is 15.0. The lowest BCUT2D eigenvalue weighted by molar-refractivity contribution is 1.45. The molecule has 0 unspecified atom stereocenters. The van der Waals surface area contributed by atoms with Gasteiger partial charge in [-0.05, 0) is 63.1 Å². The molecule has 3 aromatic rings. The van der Waals surface area contributed by atoms with Crippen molar-refractivity contribution in [3.8, 4) is 0 Å². The molecule has 0 radical (unpaired) electrons. The Labute approximate surface area is 248 Å². The van der Waals surface area contributed by atoms with Gasteiger partial charge in [-0.15, -0.1) is 0 Å². The number of benzene rings is 3. The predicted octanol–water partition coefficient (Wildman–Crippen LogP) is 12.4. The lowest BCUT2D eigenvalue weighted by atomic mass is 10.2. The Morgan fingerprint density at radius 1 is 0.450 bits per heavy atom. The first-order valence-corrected chi connectivity index (χ1v) is 15.0. The summed E-state index contributed by atoms with van der Waals surface area (Å²) in [5.74, 6) is 0. The van der Waals surface area contributed by atoms with Crippen LogP contribution in [0.5, 0.6) is 0 Å². The van der Waals surface area contributed by atoms with Crippen LogP contribution in [0.15, 0.2) is 127 Å². The van der Waals surface area contributed by atoms with Gasteiger partial charge >= 0.3 is 0 Å². The Balaban J connectivity index is -0.000000451. The van der Waals surface area contributed by atoms with Gasteiger partial charge in [0.25, 0.3) is 0 Å². The van der Waals surface area contributed by atoms with E-state index in [9.17, 15) is 0 Å². The number of anilines is 3. The third-order valence-corrected chi connectivity index (χ3v) is 4.50. The molecule has 5 rings (SSSR count). The Morgan fingerprint density at radius 3 is 1.07 bits per heavy atom. The zero-order valence-electron chi connectivity index (χ0n) is 27.1. The summed E-state index contributed by atoms with van der Waals surface area (Å²) in [5.41, 5.74) is 11.0. The number of nitrogens with one attached hydrogen (secondary N) is 1. The minimum absolute atomic E-state index is 0.829. The zero-order chi connectivity index (χ0) is 30.9. The van der Waals surface area contributed by atoms with E-state index in [1.165, 1.54) is 11.1 Å². The third-order valence-electron chi connectivity index (χ3n) is 4.50. The minimum atomic E-state index is 0.829. The number of aryl methyl sites for hydroxylation is 2. The van der Waals surface area contributed by atoms with E-state index in [1.807, 2.05) is 105 Å². The van der Waals surface area contributed by atoms with Gasteiger partial charge in [0.05, 0.1) is 0 Å². The van der Waals surface area contributed by atoms with Crippen LogP contribution < -0.4 is 11.1 Å². The normalized spacial score (nSPS) is 10.2. The maximum Gasteiger partial charge on any atom is 0.0384 e. The standard InChI is InChI=1S/C13H13N.C7H9N.2C5H6.4C2H6/c1-11-7-9-13(10-8-11)14-12-5-3-2-4-6-12;1-6-2-4-7(8)5-3-6;2*1-2-4-5-3-1;4*1-2/h2-10,14H,1H3;2-5H,8H2,1H3;2*1-4H,5H2;4*1-2H3. The molecule has 2 nitrogen and oxygen atoms in total. The summed E-state index contributed by atoms with van der Waals surface area (Å²) in [6.07, 6.45) is 19.0. The summed E-state index contributed by atoms with van der Waals surface area (Å²) in [6, 6.07) is 26.3. The van der Waals surface area contributed by atoms with E-state index >= 15 is 0 Å². The van der Waals surface area contributed by atoms with Gasteiger partial charge in [0, 0.05) is 17.1 Å². The molecule has 0 aliphatic heterocycles. The number of nitrogens with two attached hydrogens (primary N) is 1. The van der Waals surface area contributed by atoms with Crippen LogP contribution in [0.2, 0.25) is 0 Å². The lowest BCUT2D eigenvalue weighted by Gasteiger charge is -2.05. The molecule has 2 heteroatoms.